The van der Waals surface area contributed by atoms with Crippen molar-refractivity contribution in [3.63, 3.8) is 0 Å². The molecule has 0 aliphatic rings. The highest BCUT2D eigenvalue weighted by Crippen LogP contribution is 2.25. The number of benzene rings is 3. The zero-order chi connectivity index (χ0) is 21.6. The molecule has 6 nitrogen and oxygen atoms in total. The number of ether oxygens (including phenoxy) is 1. The molecule has 156 valence electrons. The minimum atomic E-state index is -3.96. The second-order valence-electron chi connectivity index (χ2n) is 6.62. The molecule has 3 aromatic rings. The summed E-state index contributed by atoms with van der Waals surface area (Å²) in [6.07, 6.45) is 0.899. The van der Waals surface area contributed by atoms with Gasteiger partial charge in [-0.25, -0.2) is 8.42 Å². The SMILES string of the molecule is CCc1ccc(NC(=O)CN(c2ccccc2)S(=O)(=O)c2ccc(OC)cc2)cc1. The first-order chi connectivity index (χ1) is 14.4. The Morgan fingerprint density at radius 1 is 0.933 bits per heavy atom. The third-order valence-corrected chi connectivity index (χ3v) is 6.41. The number of hydrogen-bond donors (Lipinski definition) is 1. The fourth-order valence-electron chi connectivity index (χ4n) is 2.94. The number of anilines is 2. The molecular formula is C23H24N2O4S. The van der Waals surface area contributed by atoms with E-state index in [4.69, 9.17) is 4.74 Å². The number of nitrogens with one attached hydrogen (secondary N) is 1. The molecule has 3 rings (SSSR count). The van der Waals surface area contributed by atoms with Crippen LogP contribution in [0.25, 0.3) is 0 Å². The highest BCUT2D eigenvalue weighted by molar-refractivity contribution is 7.92. The molecule has 0 bridgehead atoms. The Hall–Kier alpha value is -3.32. The van der Waals surface area contributed by atoms with Gasteiger partial charge in [-0.1, -0.05) is 37.3 Å². The molecule has 3 aromatic carbocycles. The van der Waals surface area contributed by atoms with Crippen molar-refractivity contribution >= 4 is 27.3 Å². The number of methoxy groups -OCH3 is 1. The first kappa shape index (κ1) is 21.4. The molecule has 0 saturated carbocycles. The summed E-state index contributed by atoms with van der Waals surface area (Å²) >= 11 is 0. The summed E-state index contributed by atoms with van der Waals surface area (Å²) in [5, 5.41) is 2.77. The summed E-state index contributed by atoms with van der Waals surface area (Å²) in [6.45, 7) is 1.70. The number of carbonyl (C=O) groups excluding carboxylic acids is 1. The lowest BCUT2D eigenvalue weighted by molar-refractivity contribution is -0.114. The number of carbonyl (C=O) groups is 1. The van der Waals surface area contributed by atoms with Crippen LogP contribution < -0.4 is 14.4 Å². The highest BCUT2D eigenvalue weighted by atomic mass is 32.2. The van der Waals surface area contributed by atoms with Crippen molar-refractivity contribution in [3.8, 4) is 5.75 Å². The smallest absolute Gasteiger partial charge is 0.264 e. The van der Waals surface area contributed by atoms with Gasteiger partial charge in [0.25, 0.3) is 10.0 Å². The Morgan fingerprint density at radius 2 is 1.57 bits per heavy atom. The van der Waals surface area contributed by atoms with E-state index in [1.165, 1.54) is 19.2 Å². The van der Waals surface area contributed by atoms with E-state index in [9.17, 15) is 13.2 Å². The van der Waals surface area contributed by atoms with Crippen LogP contribution >= 0.6 is 0 Å². The number of amides is 1. The number of aryl methyl sites for hydroxylation is 1. The minimum Gasteiger partial charge on any atom is -0.497 e. The quantitative estimate of drug-likeness (QED) is 0.591. The van der Waals surface area contributed by atoms with E-state index in [2.05, 4.69) is 12.2 Å². The van der Waals surface area contributed by atoms with Crippen LogP contribution in [0.15, 0.2) is 83.8 Å². The number of rotatable bonds is 8. The molecular weight excluding hydrogens is 400 g/mol. The van der Waals surface area contributed by atoms with Gasteiger partial charge in [-0.15, -0.1) is 0 Å². The fourth-order valence-corrected chi connectivity index (χ4v) is 4.36. The van der Waals surface area contributed by atoms with Crippen LogP contribution in [0, 0.1) is 0 Å². The maximum atomic E-state index is 13.3. The molecule has 30 heavy (non-hydrogen) atoms. The average molecular weight is 425 g/mol. The van der Waals surface area contributed by atoms with E-state index in [0.717, 1.165) is 16.3 Å². The zero-order valence-corrected chi connectivity index (χ0v) is 17.7. The van der Waals surface area contributed by atoms with Gasteiger partial charge in [0.2, 0.25) is 5.91 Å². The monoisotopic (exact) mass is 424 g/mol. The number of nitrogens with zero attached hydrogens (tertiary/aromatic N) is 1. The first-order valence-electron chi connectivity index (χ1n) is 9.54. The van der Waals surface area contributed by atoms with Crippen molar-refractivity contribution in [2.24, 2.45) is 0 Å². The maximum absolute atomic E-state index is 13.3. The zero-order valence-electron chi connectivity index (χ0n) is 16.9. The summed E-state index contributed by atoms with van der Waals surface area (Å²) in [5.74, 6) is 0.119. The van der Waals surface area contributed by atoms with E-state index < -0.39 is 15.9 Å². The number of hydrogen-bond acceptors (Lipinski definition) is 4. The highest BCUT2D eigenvalue weighted by Gasteiger charge is 2.27. The number of sulfonamides is 1. The Kier molecular flexibility index (Phi) is 6.74. The van der Waals surface area contributed by atoms with Crippen molar-refractivity contribution < 1.29 is 17.9 Å². The van der Waals surface area contributed by atoms with Crippen molar-refractivity contribution in [3.05, 3.63) is 84.4 Å². The van der Waals surface area contributed by atoms with Crippen LogP contribution in [0.4, 0.5) is 11.4 Å². The van der Waals surface area contributed by atoms with Gasteiger partial charge in [0.1, 0.15) is 12.3 Å². The lowest BCUT2D eigenvalue weighted by atomic mass is 10.1. The van der Waals surface area contributed by atoms with Crippen LogP contribution in [0.2, 0.25) is 0 Å². The largest absolute Gasteiger partial charge is 0.497 e. The summed E-state index contributed by atoms with van der Waals surface area (Å²) in [7, 11) is -2.45. The van der Waals surface area contributed by atoms with Crippen molar-refractivity contribution in [1.29, 1.82) is 0 Å². The maximum Gasteiger partial charge on any atom is 0.264 e. The predicted octanol–water partition coefficient (Wildman–Crippen LogP) is 4.09. The molecule has 0 fully saturated rings. The molecule has 7 heteroatoms. The molecule has 0 spiro atoms. The van der Waals surface area contributed by atoms with Gasteiger partial charge >= 0.3 is 0 Å². The molecule has 1 amide bonds. The average Bonchev–Trinajstić information content (AvgIpc) is 2.78. The number of para-hydroxylation sites is 1. The molecule has 0 aromatic heterocycles. The second-order valence-corrected chi connectivity index (χ2v) is 8.48. The summed E-state index contributed by atoms with van der Waals surface area (Å²) in [5.41, 5.74) is 2.18. The third-order valence-electron chi connectivity index (χ3n) is 4.62. The van der Waals surface area contributed by atoms with Crippen molar-refractivity contribution in [2.75, 3.05) is 23.3 Å². The standard InChI is InChI=1S/C23H24N2O4S/c1-3-18-9-11-19(12-10-18)24-23(26)17-25(20-7-5-4-6-8-20)30(27,28)22-15-13-21(29-2)14-16-22/h4-16H,3,17H2,1-2H3,(H,24,26). The van der Waals surface area contributed by atoms with Crippen molar-refractivity contribution in [2.45, 2.75) is 18.2 Å². The molecule has 0 heterocycles. The summed E-state index contributed by atoms with van der Waals surface area (Å²) in [4.78, 5) is 12.8. The Balaban J connectivity index is 1.87. The van der Waals surface area contributed by atoms with Crippen LogP contribution in [-0.2, 0) is 21.2 Å². The fraction of sp³-hybridized carbons (Fsp3) is 0.174. The van der Waals surface area contributed by atoms with Crippen LogP contribution in [0.5, 0.6) is 5.75 Å². The van der Waals surface area contributed by atoms with Gasteiger partial charge in [0.15, 0.2) is 0 Å². The van der Waals surface area contributed by atoms with E-state index in [-0.39, 0.29) is 11.4 Å². The molecule has 0 aliphatic heterocycles. The van der Waals surface area contributed by atoms with E-state index in [0.29, 0.717) is 17.1 Å². The lowest BCUT2D eigenvalue weighted by Gasteiger charge is -2.24. The van der Waals surface area contributed by atoms with Gasteiger partial charge in [0.05, 0.1) is 17.7 Å². The van der Waals surface area contributed by atoms with Crippen molar-refractivity contribution in [1.82, 2.24) is 0 Å². The predicted molar refractivity (Wildman–Crippen MR) is 118 cm³/mol. The Labute approximate surface area is 177 Å². The van der Waals surface area contributed by atoms with Gasteiger partial charge < -0.3 is 10.1 Å². The third kappa shape index (κ3) is 4.99. The minimum absolute atomic E-state index is 0.0762. The Bertz CT molecular complexity index is 1080. The van der Waals surface area contributed by atoms with Gasteiger partial charge in [-0.05, 0) is 60.5 Å². The topological polar surface area (TPSA) is 75.7 Å². The molecule has 0 radical (unpaired) electrons. The van der Waals surface area contributed by atoms with Gasteiger partial charge in [0, 0.05) is 5.69 Å². The first-order valence-corrected chi connectivity index (χ1v) is 11.0. The molecule has 1 N–H and O–H groups in total. The van der Waals surface area contributed by atoms with Gasteiger partial charge in [-0.2, -0.15) is 0 Å². The Morgan fingerprint density at radius 3 is 2.13 bits per heavy atom. The molecule has 0 aliphatic carbocycles. The molecule has 0 atom stereocenters. The van der Waals surface area contributed by atoms with E-state index in [1.54, 1.807) is 42.5 Å². The summed E-state index contributed by atoms with van der Waals surface area (Å²) in [6, 6.07) is 22.1. The van der Waals surface area contributed by atoms with Crippen LogP contribution in [0.1, 0.15) is 12.5 Å². The second kappa shape index (κ2) is 9.45. The molecule has 0 unspecified atom stereocenters. The van der Waals surface area contributed by atoms with Crippen LogP contribution in [0.3, 0.4) is 0 Å². The molecule has 0 saturated heterocycles. The lowest BCUT2D eigenvalue weighted by Crippen LogP contribution is -2.38. The van der Waals surface area contributed by atoms with Gasteiger partial charge in [-0.3, -0.25) is 9.10 Å². The van der Waals surface area contributed by atoms with E-state index in [1.807, 2.05) is 24.3 Å². The summed E-state index contributed by atoms with van der Waals surface area (Å²) < 4.78 is 32.8. The normalized spacial score (nSPS) is 11.0. The van der Waals surface area contributed by atoms with Crippen LogP contribution in [-0.4, -0.2) is 28.0 Å². The van der Waals surface area contributed by atoms with E-state index >= 15 is 0 Å².